The fraction of sp³-hybridized carbons (Fsp3) is 0.0588. The summed E-state index contributed by atoms with van der Waals surface area (Å²) in [6.45, 7) is 0. The summed E-state index contributed by atoms with van der Waals surface area (Å²) < 4.78 is 8.78. The third-order valence-electron chi connectivity index (χ3n) is 3.28. The van der Waals surface area contributed by atoms with Crippen LogP contribution in [0.15, 0.2) is 65.7 Å². The average Bonchev–Trinajstić information content (AvgIpc) is 2.89. The van der Waals surface area contributed by atoms with E-state index < -0.39 is 0 Å². The number of ether oxygens (including phenoxy) is 1. The molecule has 0 amide bonds. The van der Waals surface area contributed by atoms with Gasteiger partial charge < -0.3 is 9.30 Å². The third-order valence-corrected chi connectivity index (χ3v) is 3.28. The van der Waals surface area contributed by atoms with Crippen molar-refractivity contribution in [3.8, 4) is 23.3 Å². The Balaban J connectivity index is 1.81. The fourth-order valence-electron chi connectivity index (χ4n) is 2.07. The highest BCUT2D eigenvalue weighted by atomic mass is 16.5. The van der Waals surface area contributed by atoms with Crippen LogP contribution in [-0.4, -0.2) is 9.13 Å². The largest absolute Gasteiger partial charge is 0.457 e. The van der Waals surface area contributed by atoms with Gasteiger partial charge in [0.2, 0.25) is 0 Å². The van der Waals surface area contributed by atoms with Gasteiger partial charge in [0, 0.05) is 19.4 Å². The van der Waals surface area contributed by atoms with E-state index in [0.29, 0.717) is 17.1 Å². The van der Waals surface area contributed by atoms with Crippen molar-refractivity contribution in [3.05, 3.63) is 77.0 Å². The molecule has 5 heteroatoms. The maximum absolute atomic E-state index is 11.9. The number of benzene rings is 2. The molecule has 0 aliphatic heterocycles. The van der Waals surface area contributed by atoms with E-state index in [9.17, 15) is 4.79 Å². The second-order valence-electron chi connectivity index (χ2n) is 4.79. The molecule has 0 atom stereocenters. The third kappa shape index (κ3) is 2.63. The predicted molar refractivity (Wildman–Crippen MR) is 82.2 cm³/mol. The van der Waals surface area contributed by atoms with E-state index in [1.807, 2.05) is 12.1 Å². The molecule has 22 heavy (non-hydrogen) atoms. The molecule has 3 rings (SSSR count). The van der Waals surface area contributed by atoms with Crippen molar-refractivity contribution in [1.29, 1.82) is 5.26 Å². The fourth-order valence-corrected chi connectivity index (χ4v) is 2.07. The van der Waals surface area contributed by atoms with Crippen molar-refractivity contribution in [1.82, 2.24) is 9.13 Å². The molecule has 0 N–H and O–H groups in total. The minimum absolute atomic E-state index is 0.0965. The summed E-state index contributed by atoms with van der Waals surface area (Å²) in [7, 11) is 1.71. The maximum Gasteiger partial charge on any atom is 0.332 e. The van der Waals surface area contributed by atoms with E-state index >= 15 is 0 Å². The van der Waals surface area contributed by atoms with Gasteiger partial charge >= 0.3 is 5.69 Å². The molecule has 3 aromatic rings. The predicted octanol–water partition coefficient (Wildman–Crippen LogP) is 2.84. The van der Waals surface area contributed by atoms with Crippen LogP contribution in [-0.2, 0) is 7.05 Å². The summed E-state index contributed by atoms with van der Waals surface area (Å²) in [4.78, 5) is 11.9. The van der Waals surface area contributed by atoms with Gasteiger partial charge in [-0.15, -0.1) is 0 Å². The van der Waals surface area contributed by atoms with Crippen molar-refractivity contribution < 1.29 is 4.74 Å². The number of aryl methyl sites for hydroxylation is 1. The first-order valence-corrected chi connectivity index (χ1v) is 6.70. The minimum atomic E-state index is -0.0965. The number of nitrogens with zero attached hydrogens (tertiary/aromatic N) is 3. The van der Waals surface area contributed by atoms with Gasteiger partial charge in [-0.3, -0.25) is 4.57 Å². The number of hydrogen-bond acceptors (Lipinski definition) is 3. The molecule has 1 heterocycles. The second kappa shape index (κ2) is 5.62. The van der Waals surface area contributed by atoms with Crippen molar-refractivity contribution in [3.63, 3.8) is 0 Å². The first-order chi connectivity index (χ1) is 10.7. The lowest BCUT2D eigenvalue weighted by atomic mass is 10.2. The number of imidazole rings is 1. The van der Waals surface area contributed by atoms with Crippen LogP contribution in [0.4, 0.5) is 0 Å². The monoisotopic (exact) mass is 291 g/mol. The Bertz CT molecular complexity index is 881. The molecule has 1 aromatic heterocycles. The standard InChI is InChI=1S/C17H13N3O2/c1-19-10-11-20(17(19)21)14-4-8-16(9-5-14)22-15-6-2-13(12-18)3-7-15/h2-11H,1H3. The molecule has 2 aromatic carbocycles. The van der Waals surface area contributed by atoms with Gasteiger partial charge in [0.25, 0.3) is 0 Å². The van der Waals surface area contributed by atoms with Crippen molar-refractivity contribution in [2.24, 2.45) is 7.05 Å². The van der Waals surface area contributed by atoms with Crippen LogP contribution >= 0.6 is 0 Å². The zero-order valence-electron chi connectivity index (χ0n) is 11.9. The smallest absolute Gasteiger partial charge is 0.332 e. The van der Waals surface area contributed by atoms with E-state index in [1.54, 1.807) is 60.4 Å². The zero-order valence-corrected chi connectivity index (χ0v) is 11.9. The lowest BCUT2D eigenvalue weighted by molar-refractivity contribution is 0.482. The van der Waals surface area contributed by atoms with Crippen LogP contribution in [0.25, 0.3) is 5.69 Å². The Hall–Kier alpha value is -3.26. The molecular formula is C17H13N3O2. The normalized spacial score (nSPS) is 10.2. The lowest BCUT2D eigenvalue weighted by Crippen LogP contribution is -2.20. The lowest BCUT2D eigenvalue weighted by Gasteiger charge is -2.07. The molecule has 0 fully saturated rings. The summed E-state index contributed by atoms with van der Waals surface area (Å²) in [5.41, 5.74) is 1.27. The van der Waals surface area contributed by atoms with Crippen LogP contribution in [0.3, 0.4) is 0 Å². The van der Waals surface area contributed by atoms with Crippen molar-refractivity contribution in [2.75, 3.05) is 0 Å². The molecule has 0 bridgehead atoms. The van der Waals surface area contributed by atoms with E-state index in [1.165, 1.54) is 4.57 Å². The van der Waals surface area contributed by atoms with Gasteiger partial charge in [-0.25, -0.2) is 4.79 Å². The molecule has 0 aliphatic carbocycles. The maximum atomic E-state index is 11.9. The van der Waals surface area contributed by atoms with Crippen LogP contribution < -0.4 is 10.4 Å². The van der Waals surface area contributed by atoms with E-state index in [4.69, 9.17) is 10.00 Å². The molecule has 0 unspecified atom stereocenters. The summed E-state index contributed by atoms with van der Waals surface area (Å²) >= 11 is 0. The van der Waals surface area contributed by atoms with Crippen LogP contribution in [0.1, 0.15) is 5.56 Å². The molecule has 0 spiro atoms. The Kier molecular flexibility index (Phi) is 3.50. The van der Waals surface area contributed by atoms with Gasteiger partial charge in [-0.1, -0.05) is 0 Å². The second-order valence-corrected chi connectivity index (χ2v) is 4.79. The zero-order chi connectivity index (χ0) is 15.5. The van der Waals surface area contributed by atoms with Gasteiger partial charge in [0.1, 0.15) is 11.5 Å². The minimum Gasteiger partial charge on any atom is -0.457 e. The summed E-state index contributed by atoms with van der Waals surface area (Å²) in [5.74, 6) is 1.32. The number of hydrogen-bond donors (Lipinski definition) is 0. The Morgan fingerprint density at radius 3 is 2.05 bits per heavy atom. The van der Waals surface area contributed by atoms with Crippen LogP contribution in [0.5, 0.6) is 11.5 Å². The van der Waals surface area contributed by atoms with E-state index in [2.05, 4.69) is 6.07 Å². The van der Waals surface area contributed by atoms with Crippen molar-refractivity contribution >= 4 is 0 Å². The average molecular weight is 291 g/mol. The topological polar surface area (TPSA) is 59.9 Å². The summed E-state index contributed by atoms with van der Waals surface area (Å²) in [6.07, 6.45) is 3.43. The van der Waals surface area contributed by atoms with Crippen LogP contribution in [0, 0.1) is 11.3 Å². The van der Waals surface area contributed by atoms with Gasteiger partial charge in [-0.05, 0) is 48.5 Å². The van der Waals surface area contributed by atoms with Gasteiger partial charge in [0.15, 0.2) is 0 Å². The SMILES string of the molecule is Cn1ccn(-c2ccc(Oc3ccc(C#N)cc3)cc2)c1=O. The highest BCUT2D eigenvalue weighted by molar-refractivity contribution is 5.41. The van der Waals surface area contributed by atoms with E-state index in [-0.39, 0.29) is 5.69 Å². The molecular weight excluding hydrogens is 278 g/mol. The Morgan fingerprint density at radius 1 is 0.955 bits per heavy atom. The number of aromatic nitrogens is 2. The highest BCUT2D eigenvalue weighted by Gasteiger charge is 2.03. The Labute approximate surface area is 127 Å². The molecule has 0 saturated heterocycles. The Morgan fingerprint density at radius 2 is 1.55 bits per heavy atom. The number of nitriles is 1. The van der Waals surface area contributed by atoms with E-state index in [0.717, 1.165) is 5.69 Å². The quantitative estimate of drug-likeness (QED) is 0.745. The first-order valence-electron chi connectivity index (χ1n) is 6.70. The summed E-state index contributed by atoms with van der Waals surface area (Å²) in [5, 5.41) is 8.76. The number of rotatable bonds is 3. The molecule has 0 radical (unpaired) electrons. The molecule has 108 valence electrons. The molecule has 0 aliphatic rings. The molecule has 5 nitrogen and oxygen atoms in total. The van der Waals surface area contributed by atoms with Gasteiger partial charge in [-0.2, -0.15) is 5.26 Å². The highest BCUT2D eigenvalue weighted by Crippen LogP contribution is 2.22. The van der Waals surface area contributed by atoms with Crippen molar-refractivity contribution in [2.45, 2.75) is 0 Å². The van der Waals surface area contributed by atoms with Gasteiger partial charge in [0.05, 0.1) is 17.3 Å². The summed E-state index contributed by atoms with van der Waals surface area (Å²) in [6, 6.07) is 16.2. The first kappa shape index (κ1) is 13.7. The van der Waals surface area contributed by atoms with Crippen LogP contribution in [0.2, 0.25) is 0 Å². The molecule has 0 saturated carbocycles.